The van der Waals surface area contributed by atoms with Gasteiger partial charge in [-0.05, 0) is 24.3 Å². The largest absolute Gasteiger partial charge is 0.492 e. The number of carbonyl (C=O) groups is 1. The van der Waals surface area contributed by atoms with Gasteiger partial charge in [0.05, 0.1) is 18.1 Å². The number of thioether (sulfide) groups is 1. The summed E-state index contributed by atoms with van der Waals surface area (Å²) in [4.78, 5) is 15.7. The third-order valence-electron chi connectivity index (χ3n) is 2.54. The molecule has 1 heterocycles. The number of amides is 1. The number of nitrogens with zero attached hydrogens (tertiary/aromatic N) is 2. The van der Waals surface area contributed by atoms with Crippen LogP contribution in [0.15, 0.2) is 28.8 Å². The molecule has 0 atom stereocenters. The summed E-state index contributed by atoms with van der Waals surface area (Å²) in [5.41, 5.74) is 0. The molecule has 1 aromatic carbocycles. The summed E-state index contributed by atoms with van der Waals surface area (Å²) in [5.74, 6) is 2.69. The first-order chi connectivity index (χ1) is 10.6. The van der Waals surface area contributed by atoms with Gasteiger partial charge in [-0.3, -0.25) is 4.79 Å². The van der Waals surface area contributed by atoms with Crippen molar-refractivity contribution in [3.8, 4) is 5.75 Å². The van der Waals surface area contributed by atoms with E-state index in [9.17, 15) is 4.79 Å². The van der Waals surface area contributed by atoms with Gasteiger partial charge < -0.3 is 14.6 Å². The normalized spacial score (nSPS) is 10.5. The van der Waals surface area contributed by atoms with Gasteiger partial charge in [0.15, 0.2) is 5.82 Å². The number of ether oxygens (including phenoxy) is 1. The first-order valence-corrected chi connectivity index (χ1v) is 8.19. The predicted octanol–water partition coefficient (Wildman–Crippen LogP) is 2.46. The van der Waals surface area contributed by atoms with Crippen LogP contribution in [0.25, 0.3) is 0 Å². The molecule has 6 nitrogen and oxygen atoms in total. The van der Waals surface area contributed by atoms with Crippen molar-refractivity contribution in [1.82, 2.24) is 15.5 Å². The van der Waals surface area contributed by atoms with Gasteiger partial charge in [-0.1, -0.05) is 16.8 Å². The van der Waals surface area contributed by atoms with E-state index in [1.807, 2.05) is 0 Å². The minimum atomic E-state index is -0.0510. The number of halogens is 1. The Labute approximate surface area is 137 Å². The zero-order valence-electron chi connectivity index (χ0n) is 12.0. The zero-order valence-corrected chi connectivity index (χ0v) is 13.6. The number of hydrogen-bond acceptors (Lipinski definition) is 6. The lowest BCUT2D eigenvalue weighted by Gasteiger charge is -2.07. The number of carbonyl (C=O) groups excluding carboxylic acids is 1. The third kappa shape index (κ3) is 5.95. The minimum Gasteiger partial charge on any atom is -0.492 e. The Morgan fingerprint density at radius 3 is 2.86 bits per heavy atom. The highest BCUT2D eigenvalue weighted by molar-refractivity contribution is 7.99. The van der Waals surface area contributed by atoms with E-state index in [4.69, 9.17) is 20.9 Å². The SMILES string of the molecule is Cc1nc(CSCC(=O)NCCOc2ccc(Cl)cc2)no1. The Morgan fingerprint density at radius 1 is 1.41 bits per heavy atom. The van der Waals surface area contributed by atoms with Crippen LogP contribution in [0.5, 0.6) is 5.75 Å². The maximum atomic E-state index is 11.6. The van der Waals surface area contributed by atoms with Crippen LogP contribution in [0.3, 0.4) is 0 Å². The molecule has 0 saturated carbocycles. The first-order valence-electron chi connectivity index (χ1n) is 6.65. The molecule has 8 heteroatoms. The van der Waals surface area contributed by atoms with Gasteiger partial charge >= 0.3 is 0 Å². The van der Waals surface area contributed by atoms with E-state index < -0.39 is 0 Å². The van der Waals surface area contributed by atoms with Crippen molar-refractivity contribution in [2.75, 3.05) is 18.9 Å². The highest BCUT2D eigenvalue weighted by Gasteiger charge is 2.05. The Morgan fingerprint density at radius 2 is 2.18 bits per heavy atom. The molecule has 0 radical (unpaired) electrons. The summed E-state index contributed by atoms with van der Waals surface area (Å²) in [5, 5.41) is 7.20. The fourth-order valence-electron chi connectivity index (χ4n) is 1.58. The van der Waals surface area contributed by atoms with Crippen molar-refractivity contribution in [3.05, 3.63) is 41.0 Å². The standard InChI is InChI=1S/C14H16ClN3O3S/c1-10-17-13(18-21-10)8-22-9-14(19)16-6-7-20-12-4-2-11(15)3-5-12/h2-5H,6-9H2,1H3,(H,16,19). The van der Waals surface area contributed by atoms with Crippen LogP contribution in [0.1, 0.15) is 11.7 Å². The average Bonchev–Trinajstić information content (AvgIpc) is 2.91. The zero-order chi connectivity index (χ0) is 15.8. The summed E-state index contributed by atoms with van der Waals surface area (Å²) in [6.45, 7) is 2.58. The van der Waals surface area contributed by atoms with Gasteiger partial charge in [0, 0.05) is 11.9 Å². The van der Waals surface area contributed by atoms with Crippen LogP contribution < -0.4 is 10.1 Å². The van der Waals surface area contributed by atoms with Crippen molar-refractivity contribution in [1.29, 1.82) is 0 Å². The molecule has 0 aliphatic carbocycles. The van der Waals surface area contributed by atoms with Gasteiger partial charge in [0.25, 0.3) is 0 Å². The number of hydrogen-bond donors (Lipinski definition) is 1. The van der Waals surface area contributed by atoms with Crippen molar-refractivity contribution in [2.24, 2.45) is 0 Å². The van der Waals surface area contributed by atoms with Gasteiger partial charge in [-0.15, -0.1) is 11.8 Å². The molecule has 0 spiro atoms. The highest BCUT2D eigenvalue weighted by atomic mass is 35.5. The predicted molar refractivity (Wildman–Crippen MR) is 85.2 cm³/mol. The lowest BCUT2D eigenvalue weighted by Crippen LogP contribution is -2.29. The highest BCUT2D eigenvalue weighted by Crippen LogP contribution is 2.15. The van der Waals surface area contributed by atoms with Gasteiger partial charge in [0.1, 0.15) is 12.4 Å². The van der Waals surface area contributed by atoms with E-state index in [2.05, 4.69) is 15.5 Å². The van der Waals surface area contributed by atoms with E-state index in [-0.39, 0.29) is 5.91 Å². The minimum absolute atomic E-state index is 0.0510. The maximum Gasteiger partial charge on any atom is 0.230 e. The summed E-state index contributed by atoms with van der Waals surface area (Å²) in [7, 11) is 0. The van der Waals surface area contributed by atoms with E-state index in [0.717, 1.165) is 5.75 Å². The third-order valence-corrected chi connectivity index (χ3v) is 3.72. The van der Waals surface area contributed by atoms with Gasteiger partial charge in [-0.2, -0.15) is 4.98 Å². The average molecular weight is 342 g/mol. The second kappa shape index (κ2) is 8.65. The number of benzene rings is 1. The molecule has 2 aromatic rings. The molecule has 0 bridgehead atoms. The Hall–Kier alpha value is -1.73. The second-order valence-corrected chi connectivity index (χ2v) is 5.80. The number of nitrogens with one attached hydrogen (secondary N) is 1. The summed E-state index contributed by atoms with van der Waals surface area (Å²) in [6, 6.07) is 7.08. The van der Waals surface area contributed by atoms with Crippen LogP contribution in [-0.4, -0.2) is 35.0 Å². The van der Waals surface area contributed by atoms with Gasteiger partial charge in [0.2, 0.25) is 11.8 Å². The molecule has 118 valence electrons. The number of aromatic nitrogens is 2. The topological polar surface area (TPSA) is 77.2 Å². The molecule has 0 aliphatic heterocycles. The molecule has 0 saturated heterocycles. The fourth-order valence-corrected chi connectivity index (χ4v) is 2.39. The second-order valence-electron chi connectivity index (χ2n) is 4.37. The molecule has 0 unspecified atom stereocenters. The van der Waals surface area contributed by atoms with E-state index in [1.165, 1.54) is 11.8 Å². The van der Waals surface area contributed by atoms with E-state index >= 15 is 0 Å². The molecule has 2 rings (SSSR count). The Kier molecular flexibility index (Phi) is 6.54. The molecular weight excluding hydrogens is 326 g/mol. The van der Waals surface area contributed by atoms with Crippen molar-refractivity contribution >= 4 is 29.3 Å². The van der Waals surface area contributed by atoms with E-state index in [0.29, 0.717) is 41.4 Å². The number of rotatable bonds is 8. The summed E-state index contributed by atoms with van der Waals surface area (Å²) >= 11 is 7.21. The quantitative estimate of drug-likeness (QED) is 0.743. The van der Waals surface area contributed by atoms with Crippen molar-refractivity contribution in [2.45, 2.75) is 12.7 Å². The van der Waals surface area contributed by atoms with Crippen LogP contribution >= 0.6 is 23.4 Å². The van der Waals surface area contributed by atoms with E-state index in [1.54, 1.807) is 31.2 Å². The Bertz CT molecular complexity index is 604. The molecule has 1 aromatic heterocycles. The van der Waals surface area contributed by atoms with Crippen molar-refractivity contribution in [3.63, 3.8) is 0 Å². The Balaban J connectivity index is 1.55. The smallest absolute Gasteiger partial charge is 0.230 e. The molecule has 1 N–H and O–H groups in total. The van der Waals surface area contributed by atoms with Crippen LogP contribution in [0.2, 0.25) is 5.02 Å². The molecule has 0 fully saturated rings. The van der Waals surface area contributed by atoms with Crippen LogP contribution in [-0.2, 0) is 10.5 Å². The fraction of sp³-hybridized carbons (Fsp3) is 0.357. The monoisotopic (exact) mass is 341 g/mol. The maximum absolute atomic E-state index is 11.6. The summed E-state index contributed by atoms with van der Waals surface area (Å²) in [6.07, 6.45) is 0. The lowest BCUT2D eigenvalue weighted by molar-refractivity contribution is -0.118. The first kappa shape index (κ1) is 16.6. The number of aryl methyl sites for hydroxylation is 1. The van der Waals surface area contributed by atoms with Crippen LogP contribution in [0, 0.1) is 6.92 Å². The van der Waals surface area contributed by atoms with Crippen LogP contribution in [0.4, 0.5) is 0 Å². The van der Waals surface area contributed by atoms with Crippen molar-refractivity contribution < 1.29 is 14.1 Å². The lowest BCUT2D eigenvalue weighted by atomic mass is 10.3. The summed E-state index contributed by atoms with van der Waals surface area (Å²) < 4.78 is 10.3. The molecule has 0 aliphatic rings. The van der Waals surface area contributed by atoms with Gasteiger partial charge in [-0.25, -0.2) is 0 Å². The molecular formula is C14H16ClN3O3S. The molecule has 22 heavy (non-hydrogen) atoms. The molecule has 1 amide bonds.